The van der Waals surface area contributed by atoms with E-state index in [0.717, 1.165) is 11.1 Å². The second kappa shape index (κ2) is 10.7. The molecule has 150 valence electrons. The summed E-state index contributed by atoms with van der Waals surface area (Å²) in [4.78, 5) is 25.7. The summed E-state index contributed by atoms with van der Waals surface area (Å²) < 4.78 is 5.21. The molecule has 2 rings (SSSR count). The molecule has 0 fully saturated rings. The number of nitrogens with one attached hydrogen (secondary N) is 2. The summed E-state index contributed by atoms with van der Waals surface area (Å²) in [7, 11) is 1.63. The van der Waals surface area contributed by atoms with Crippen LogP contribution in [0.2, 0.25) is 5.02 Å². The summed E-state index contributed by atoms with van der Waals surface area (Å²) in [6, 6.07) is 14.8. The average Bonchev–Trinajstić information content (AvgIpc) is 2.68. The Morgan fingerprint density at radius 3 is 2.21 bits per heavy atom. The van der Waals surface area contributed by atoms with Crippen LogP contribution in [0.25, 0.3) is 0 Å². The number of nitrogens with zero attached hydrogens (tertiary/aromatic N) is 1. The average molecular weight is 404 g/mol. The molecule has 6 nitrogen and oxygen atoms in total. The Balaban J connectivity index is 1.86. The summed E-state index contributed by atoms with van der Waals surface area (Å²) >= 11 is 5.83. The van der Waals surface area contributed by atoms with Gasteiger partial charge in [-0.25, -0.2) is 4.79 Å². The second-order valence-electron chi connectivity index (χ2n) is 6.70. The number of halogens is 1. The van der Waals surface area contributed by atoms with Crippen molar-refractivity contribution in [2.75, 3.05) is 18.9 Å². The molecule has 0 saturated carbocycles. The van der Waals surface area contributed by atoms with E-state index in [0.29, 0.717) is 23.8 Å². The lowest BCUT2D eigenvalue weighted by molar-refractivity contribution is -0.122. The van der Waals surface area contributed by atoms with Crippen LogP contribution in [0, 0.1) is 0 Å². The fourth-order valence-electron chi connectivity index (χ4n) is 2.50. The topological polar surface area (TPSA) is 70.7 Å². The molecule has 0 aliphatic carbocycles. The Hall–Kier alpha value is -2.57. The lowest BCUT2D eigenvalue weighted by Gasteiger charge is -2.25. The number of hydrogen-bond donors (Lipinski definition) is 2. The zero-order valence-corrected chi connectivity index (χ0v) is 17.1. The van der Waals surface area contributed by atoms with Crippen molar-refractivity contribution in [3.05, 3.63) is 64.7 Å². The number of carbonyl (C=O) groups excluding carboxylic acids is 2. The summed E-state index contributed by atoms with van der Waals surface area (Å²) in [6.07, 6.45) is -0.522. The molecule has 0 unspecified atom stereocenters. The van der Waals surface area contributed by atoms with Gasteiger partial charge >= 0.3 is 6.09 Å². The van der Waals surface area contributed by atoms with E-state index in [1.165, 1.54) is 0 Å². The summed E-state index contributed by atoms with van der Waals surface area (Å²) in [5.41, 5.74) is 2.56. The molecule has 0 saturated heterocycles. The Kier molecular flexibility index (Phi) is 8.29. The first-order valence-electron chi connectivity index (χ1n) is 9.09. The van der Waals surface area contributed by atoms with E-state index in [-0.39, 0.29) is 18.6 Å². The van der Waals surface area contributed by atoms with Crippen LogP contribution in [0.15, 0.2) is 48.5 Å². The minimum Gasteiger partial charge on any atom is -0.444 e. The normalized spacial score (nSPS) is 10.8. The molecule has 2 N–H and O–H groups in total. The smallest absolute Gasteiger partial charge is 0.411 e. The number of carbonyl (C=O) groups is 2. The van der Waals surface area contributed by atoms with Gasteiger partial charge in [0.15, 0.2) is 0 Å². The first-order chi connectivity index (χ1) is 13.4. The molecule has 0 bridgehead atoms. The molecule has 28 heavy (non-hydrogen) atoms. The van der Waals surface area contributed by atoms with Gasteiger partial charge in [0.1, 0.15) is 6.61 Å². The Labute approximate surface area is 170 Å². The molecule has 0 radical (unpaired) electrons. The molecule has 0 aromatic heterocycles. The molecule has 0 aliphatic heterocycles. The fraction of sp³-hybridized carbons (Fsp3) is 0.333. The van der Waals surface area contributed by atoms with Crippen LogP contribution in [0.1, 0.15) is 25.0 Å². The van der Waals surface area contributed by atoms with Crippen LogP contribution >= 0.6 is 11.6 Å². The van der Waals surface area contributed by atoms with Crippen LogP contribution in [-0.2, 0) is 22.7 Å². The van der Waals surface area contributed by atoms with Crippen LogP contribution in [0.4, 0.5) is 10.5 Å². The fourth-order valence-corrected chi connectivity index (χ4v) is 2.62. The third kappa shape index (κ3) is 7.21. The monoisotopic (exact) mass is 403 g/mol. The van der Waals surface area contributed by atoms with Crippen molar-refractivity contribution in [3.63, 3.8) is 0 Å². The predicted octanol–water partition coefficient (Wildman–Crippen LogP) is 4.05. The number of likely N-dealkylation sites (N-methyl/N-ethyl adjacent to an activating group) is 1. The van der Waals surface area contributed by atoms with Crippen LogP contribution in [0.3, 0.4) is 0 Å². The molecule has 0 spiro atoms. The highest BCUT2D eigenvalue weighted by atomic mass is 35.5. The van der Waals surface area contributed by atoms with Gasteiger partial charge in [-0.15, -0.1) is 0 Å². The van der Waals surface area contributed by atoms with Gasteiger partial charge in [0, 0.05) is 30.3 Å². The van der Waals surface area contributed by atoms with Gasteiger partial charge in [0.05, 0.1) is 6.54 Å². The van der Waals surface area contributed by atoms with Crippen LogP contribution < -0.4 is 10.6 Å². The SMILES string of the molecule is CNC(=O)CN(Cc1ccc(NC(=O)OCc2ccc(Cl)cc2)cc1)C(C)C. The first-order valence-corrected chi connectivity index (χ1v) is 9.47. The first kappa shape index (κ1) is 21.7. The third-order valence-electron chi connectivity index (χ3n) is 4.23. The van der Waals surface area contributed by atoms with Crippen molar-refractivity contribution in [2.45, 2.75) is 33.0 Å². The Morgan fingerprint density at radius 1 is 1.04 bits per heavy atom. The van der Waals surface area contributed by atoms with Crippen LogP contribution in [-0.4, -0.2) is 36.5 Å². The predicted molar refractivity (Wildman–Crippen MR) is 111 cm³/mol. The number of rotatable bonds is 8. The van der Waals surface area contributed by atoms with E-state index < -0.39 is 6.09 Å². The van der Waals surface area contributed by atoms with E-state index in [1.54, 1.807) is 19.2 Å². The van der Waals surface area contributed by atoms with E-state index in [4.69, 9.17) is 16.3 Å². The van der Waals surface area contributed by atoms with Crippen molar-refractivity contribution in [1.82, 2.24) is 10.2 Å². The van der Waals surface area contributed by atoms with Gasteiger partial charge in [-0.1, -0.05) is 35.9 Å². The van der Waals surface area contributed by atoms with E-state index >= 15 is 0 Å². The second-order valence-corrected chi connectivity index (χ2v) is 7.13. The van der Waals surface area contributed by atoms with Gasteiger partial charge in [-0.2, -0.15) is 0 Å². The molecule has 2 aromatic rings. The highest BCUT2D eigenvalue weighted by Gasteiger charge is 2.14. The molecule has 0 atom stereocenters. The van der Waals surface area contributed by atoms with Crippen molar-refractivity contribution in [1.29, 1.82) is 0 Å². The number of anilines is 1. The maximum absolute atomic E-state index is 11.9. The minimum atomic E-state index is -0.522. The minimum absolute atomic E-state index is 0.0181. The highest BCUT2D eigenvalue weighted by molar-refractivity contribution is 6.30. The quantitative estimate of drug-likeness (QED) is 0.697. The molecule has 7 heteroatoms. The zero-order valence-electron chi connectivity index (χ0n) is 16.4. The summed E-state index contributed by atoms with van der Waals surface area (Å²) in [6.45, 7) is 5.26. The van der Waals surface area contributed by atoms with Crippen molar-refractivity contribution in [3.8, 4) is 0 Å². The maximum Gasteiger partial charge on any atom is 0.411 e. The van der Waals surface area contributed by atoms with Gasteiger partial charge in [-0.3, -0.25) is 15.0 Å². The largest absolute Gasteiger partial charge is 0.444 e. The van der Waals surface area contributed by atoms with Crippen molar-refractivity contribution >= 4 is 29.3 Å². The molecular formula is C21H26ClN3O3. The Bertz CT molecular complexity index is 776. The van der Waals surface area contributed by atoms with E-state index in [2.05, 4.69) is 29.4 Å². The maximum atomic E-state index is 11.9. The van der Waals surface area contributed by atoms with Crippen molar-refractivity contribution in [2.24, 2.45) is 0 Å². The Morgan fingerprint density at radius 2 is 1.64 bits per heavy atom. The molecule has 0 heterocycles. The lowest BCUT2D eigenvalue weighted by atomic mass is 10.1. The van der Waals surface area contributed by atoms with Gasteiger partial charge in [-0.05, 0) is 49.2 Å². The number of amides is 2. The van der Waals surface area contributed by atoms with Crippen molar-refractivity contribution < 1.29 is 14.3 Å². The summed E-state index contributed by atoms with van der Waals surface area (Å²) in [5, 5.41) is 5.99. The summed E-state index contributed by atoms with van der Waals surface area (Å²) in [5.74, 6) is -0.0181. The zero-order chi connectivity index (χ0) is 20.5. The molecule has 0 aliphatic rings. The molecular weight excluding hydrogens is 378 g/mol. The van der Waals surface area contributed by atoms with E-state index in [9.17, 15) is 9.59 Å². The highest BCUT2D eigenvalue weighted by Crippen LogP contribution is 2.14. The van der Waals surface area contributed by atoms with Gasteiger partial charge in [0.2, 0.25) is 5.91 Å². The van der Waals surface area contributed by atoms with Gasteiger partial charge in [0.25, 0.3) is 0 Å². The van der Waals surface area contributed by atoms with Crippen LogP contribution in [0.5, 0.6) is 0 Å². The molecule has 2 amide bonds. The number of hydrogen-bond acceptors (Lipinski definition) is 4. The third-order valence-corrected chi connectivity index (χ3v) is 4.48. The van der Waals surface area contributed by atoms with E-state index in [1.807, 2.05) is 36.4 Å². The lowest BCUT2D eigenvalue weighted by Crippen LogP contribution is -2.39. The van der Waals surface area contributed by atoms with Gasteiger partial charge < -0.3 is 10.1 Å². The number of ether oxygens (including phenoxy) is 1. The standard InChI is InChI=1S/C21H26ClN3O3/c1-15(2)25(13-20(26)23-3)12-16-6-10-19(11-7-16)24-21(27)28-14-17-4-8-18(22)9-5-17/h4-11,15H,12-14H2,1-3H3,(H,23,26)(H,24,27). The number of benzene rings is 2. The molecule has 2 aromatic carbocycles.